The molecule has 0 fully saturated rings. The van der Waals surface area contributed by atoms with Gasteiger partial charge in [-0.25, -0.2) is 4.79 Å². The molecular weight excluding hydrogens is 570 g/mol. The number of carboxylic acids is 1. The van der Waals surface area contributed by atoms with Crippen molar-refractivity contribution in [3.05, 3.63) is 65.9 Å². The number of aromatic amines is 1. The van der Waals surface area contributed by atoms with E-state index in [1.165, 1.54) is 23.9 Å². The second-order valence-electron chi connectivity index (χ2n) is 11.0. The predicted octanol–water partition coefficient (Wildman–Crippen LogP) is 2.32. The summed E-state index contributed by atoms with van der Waals surface area (Å²) in [5.41, 5.74) is 8.33. The lowest BCUT2D eigenvalue weighted by atomic mass is 10.0. The Morgan fingerprint density at radius 3 is 2.16 bits per heavy atom. The molecule has 0 radical (unpaired) electrons. The van der Waals surface area contributed by atoms with Crippen molar-refractivity contribution in [2.24, 2.45) is 11.7 Å². The molecule has 8 N–H and O–H groups in total. The Hall–Kier alpha value is -4.03. The first-order valence-electron chi connectivity index (χ1n) is 14.2. The summed E-state index contributed by atoms with van der Waals surface area (Å²) in [5, 5.41) is 28.5. The lowest BCUT2D eigenvalue weighted by Gasteiger charge is -2.25. The summed E-state index contributed by atoms with van der Waals surface area (Å²) in [7, 11) is 0. The number of nitrogens with one attached hydrogen (secondary N) is 4. The highest BCUT2D eigenvalue weighted by atomic mass is 32.2. The van der Waals surface area contributed by atoms with E-state index in [0.717, 1.165) is 16.5 Å². The van der Waals surface area contributed by atoms with Crippen LogP contribution in [0.4, 0.5) is 0 Å². The second kappa shape index (κ2) is 16.0. The van der Waals surface area contributed by atoms with Gasteiger partial charge in [0.15, 0.2) is 0 Å². The van der Waals surface area contributed by atoms with Gasteiger partial charge in [-0.1, -0.05) is 44.2 Å². The van der Waals surface area contributed by atoms with Gasteiger partial charge in [0.05, 0.1) is 6.04 Å². The van der Waals surface area contributed by atoms with Crippen LogP contribution in [0.1, 0.15) is 37.8 Å². The number of carbonyl (C=O) groups excluding carboxylic acids is 3. The van der Waals surface area contributed by atoms with E-state index >= 15 is 0 Å². The van der Waals surface area contributed by atoms with Gasteiger partial charge in [0.25, 0.3) is 0 Å². The van der Waals surface area contributed by atoms with Crippen LogP contribution in [0.3, 0.4) is 0 Å². The number of aliphatic carboxylic acids is 1. The monoisotopic (exact) mass is 611 g/mol. The molecule has 0 aliphatic heterocycles. The van der Waals surface area contributed by atoms with Gasteiger partial charge in [0.2, 0.25) is 17.7 Å². The van der Waals surface area contributed by atoms with Crippen LogP contribution >= 0.6 is 11.8 Å². The van der Waals surface area contributed by atoms with Gasteiger partial charge >= 0.3 is 5.97 Å². The quantitative estimate of drug-likeness (QED) is 0.129. The topological polar surface area (TPSA) is 187 Å². The lowest BCUT2D eigenvalue weighted by Crippen LogP contribution is -2.58. The summed E-state index contributed by atoms with van der Waals surface area (Å²) >= 11 is 1.48. The fourth-order valence-corrected chi connectivity index (χ4v) is 5.21. The van der Waals surface area contributed by atoms with Crippen LogP contribution in [0.5, 0.6) is 5.75 Å². The van der Waals surface area contributed by atoms with E-state index in [1.807, 2.05) is 44.4 Å². The first-order chi connectivity index (χ1) is 20.5. The Morgan fingerprint density at radius 1 is 0.884 bits per heavy atom. The normalized spacial score (nSPS) is 14.1. The smallest absolute Gasteiger partial charge is 0.326 e. The zero-order chi connectivity index (χ0) is 31.5. The largest absolute Gasteiger partial charge is 0.508 e. The van der Waals surface area contributed by atoms with Crippen LogP contribution in [0.15, 0.2) is 54.7 Å². The van der Waals surface area contributed by atoms with E-state index in [2.05, 4.69) is 20.9 Å². The fraction of sp³-hybridized carbons (Fsp3) is 0.419. The van der Waals surface area contributed by atoms with E-state index in [9.17, 15) is 29.4 Å². The van der Waals surface area contributed by atoms with Gasteiger partial charge in [-0.05, 0) is 60.1 Å². The number of benzene rings is 2. The van der Waals surface area contributed by atoms with Gasteiger partial charge in [-0.3, -0.25) is 14.4 Å². The number of aromatic hydroxyl groups is 1. The lowest BCUT2D eigenvalue weighted by molar-refractivity contribution is -0.142. The SMILES string of the molecule is CSCCC(NC(=O)C(Cc1ccc(O)cc1)NC(=O)C(N)CC(C)C)C(=O)NC(Cc1c[nH]c2ccccc12)C(=O)O. The summed E-state index contributed by atoms with van der Waals surface area (Å²) in [6.07, 6.45) is 4.37. The van der Waals surface area contributed by atoms with Gasteiger partial charge < -0.3 is 36.9 Å². The summed E-state index contributed by atoms with van der Waals surface area (Å²) in [6, 6.07) is 9.52. The molecule has 3 amide bonds. The third-order valence-electron chi connectivity index (χ3n) is 7.03. The maximum Gasteiger partial charge on any atom is 0.326 e. The van der Waals surface area contributed by atoms with Crippen LogP contribution in [0, 0.1) is 5.92 Å². The van der Waals surface area contributed by atoms with Crippen molar-refractivity contribution in [3.63, 3.8) is 0 Å². The number of nitrogens with two attached hydrogens (primary N) is 1. The van der Waals surface area contributed by atoms with Crippen LogP contribution in [0.2, 0.25) is 0 Å². The first kappa shape index (κ1) is 33.5. The number of aromatic nitrogens is 1. The van der Waals surface area contributed by atoms with Crippen LogP contribution < -0.4 is 21.7 Å². The molecule has 0 bridgehead atoms. The molecule has 232 valence electrons. The number of thioether (sulfide) groups is 1. The number of rotatable bonds is 16. The molecule has 0 aliphatic carbocycles. The molecular formula is C31H41N5O6S. The third kappa shape index (κ3) is 10.0. The van der Waals surface area contributed by atoms with E-state index in [-0.39, 0.29) is 30.9 Å². The summed E-state index contributed by atoms with van der Waals surface area (Å²) in [6.45, 7) is 3.87. The molecule has 0 saturated carbocycles. The number of amides is 3. The molecule has 43 heavy (non-hydrogen) atoms. The van der Waals surface area contributed by atoms with Crippen molar-refractivity contribution >= 4 is 46.4 Å². The zero-order valence-electron chi connectivity index (χ0n) is 24.6. The Bertz CT molecular complexity index is 1390. The summed E-state index contributed by atoms with van der Waals surface area (Å²) in [4.78, 5) is 55.1. The van der Waals surface area contributed by atoms with E-state index in [4.69, 9.17) is 5.73 Å². The Labute approximate surface area is 255 Å². The molecule has 11 nitrogen and oxygen atoms in total. The maximum absolute atomic E-state index is 13.6. The highest BCUT2D eigenvalue weighted by Crippen LogP contribution is 2.19. The van der Waals surface area contributed by atoms with Crippen LogP contribution in [-0.4, -0.2) is 75.1 Å². The number of phenols is 1. The molecule has 4 unspecified atom stereocenters. The summed E-state index contributed by atoms with van der Waals surface area (Å²) < 4.78 is 0. The molecule has 12 heteroatoms. The molecule has 4 atom stereocenters. The number of hydrogen-bond donors (Lipinski definition) is 7. The maximum atomic E-state index is 13.6. The van der Waals surface area contributed by atoms with Gasteiger partial charge in [0, 0.05) is 29.9 Å². The second-order valence-corrected chi connectivity index (χ2v) is 12.0. The average Bonchev–Trinajstić information content (AvgIpc) is 3.37. The third-order valence-corrected chi connectivity index (χ3v) is 7.67. The van der Waals surface area contributed by atoms with E-state index < -0.39 is 47.9 Å². The molecule has 3 rings (SSSR count). The number of fused-ring (bicyclic) bond motifs is 1. The molecule has 1 heterocycles. The fourth-order valence-electron chi connectivity index (χ4n) is 4.74. The Balaban J connectivity index is 1.78. The highest BCUT2D eigenvalue weighted by Gasteiger charge is 2.31. The molecule has 0 spiro atoms. The molecule has 0 saturated heterocycles. The molecule has 2 aromatic carbocycles. The minimum absolute atomic E-state index is 0.0432. The van der Waals surface area contributed by atoms with Crippen molar-refractivity contribution in [3.8, 4) is 5.75 Å². The Kier molecular flexibility index (Phi) is 12.4. The van der Waals surface area contributed by atoms with Gasteiger partial charge in [-0.15, -0.1) is 0 Å². The molecule has 3 aromatic rings. The first-order valence-corrected chi connectivity index (χ1v) is 15.6. The van der Waals surface area contributed by atoms with Gasteiger partial charge in [0.1, 0.15) is 23.9 Å². The van der Waals surface area contributed by atoms with Crippen molar-refractivity contribution in [1.82, 2.24) is 20.9 Å². The summed E-state index contributed by atoms with van der Waals surface area (Å²) in [5.74, 6) is -2.21. The predicted molar refractivity (Wildman–Crippen MR) is 168 cm³/mol. The number of para-hydroxylation sites is 1. The molecule has 1 aromatic heterocycles. The van der Waals surface area contributed by atoms with Crippen LogP contribution in [0.25, 0.3) is 10.9 Å². The van der Waals surface area contributed by atoms with Crippen molar-refractivity contribution in [2.45, 2.75) is 63.7 Å². The number of hydrogen-bond acceptors (Lipinski definition) is 7. The highest BCUT2D eigenvalue weighted by molar-refractivity contribution is 7.98. The number of carbonyl (C=O) groups is 4. The van der Waals surface area contributed by atoms with Crippen molar-refractivity contribution < 1.29 is 29.4 Å². The zero-order valence-corrected chi connectivity index (χ0v) is 25.4. The number of H-pyrrole nitrogens is 1. The molecule has 0 aliphatic rings. The van der Waals surface area contributed by atoms with Crippen molar-refractivity contribution in [1.29, 1.82) is 0 Å². The minimum atomic E-state index is -1.23. The van der Waals surface area contributed by atoms with Crippen LogP contribution in [-0.2, 0) is 32.0 Å². The van der Waals surface area contributed by atoms with Crippen molar-refractivity contribution in [2.75, 3.05) is 12.0 Å². The number of carboxylic acid groups (broad SMARTS) is 1. The standard InChI is InChI=1S/C31H41N5O6S/c1-18(2)14-23(32)28(38)35-26(15-19-8-10-21(37)11-9-19)30(40)34-25(12-13-43-3)29(39)36-27(31(41)42)16-20-17-33-24-7-5-4-6-22(20)24/h4-11,17-18,23,25-27,33,37H,12-16,32H2,1-3H3,(H,34,40)(H,35,38)(H,36,39)(H,41,42). The Morgan fingerprint density at radius 2 is 1.51 bits per heavy atom. The van der Waals surface area contributed by atoms with E-state index in [1.54, 1.807) is 18.3 Å². The van der Waals surface area contributed by atoms with E-state index in [0.29, 0.717) is 17.7 Å². The average molecular weight is 612 g/mol. The van der Waals surface area contributed by atoms with Gasteiger partial charge in [-0.2, -0.15) is 11.8 Å². The number of phenolic OH excluding ortho intramolecular Hbond substituents is 1. The minimum Gasteiger partial charge on any atom is -0.508 e.